The summed E-state index contributed by atoms with van der Waals surface area (Å²) in [7, 11) is 0. The van der Waals surface area contributed by atoms with Crippen molar-refractivity contribution in [3.05, 3.63) is 64.7 Å². The lowest BCUT2D eigenvalue weighted by molar-refractivity contribution is -0.143. The largest absolute Gasteiger partial charge is 0.490 e. The molecule has 170 valence electrons. The van der Waals surface area contributed by atoms with Gasteiger partial charge in [-0.2, -0.15) is 0 Å². The van der Waals surface area contributed by atoms with Crippen LogP contribution in [0.4, 0.5) is 0 Å². The van der Waals surface area contributed by atoms with E-state index in [0.717, 1.165) is 24.0 Å². The van der Waals surface area contributed by atoms with Crippen LogP contribution < -0.4 is 10.1 Å². The third-order valence-electron chi connectivity index (χ3n) is 6.00. The molecule has 1 amide bonds. The van der Waals surface area contributed by atoms with Crippen LogP contribution in [0.5, 0.6) is 5.75 Å². The Labute approximate surface area is 189 Å². The van der Waals surface area contributed by atoms with E-state index in [1.54, 1.807) is 18.2 Å². The molecule has 0 unspecified atom stereocenters. The normalized spacial score (nSPS) is 18.1. The number of rotatable bonds is 9. The molecule has 2 N–H and O–H groups in total. The number of aryl methyl sites for hydroxylation is 2. The lowest BCUT2D eigenvalue weighted by atomic mass is 9.87. The number of amides is 1. The van der Waals surface area contributed by atoms with E-state index in [2.05, 4.69) is 5.32 Å². The number of carboxylic acids is 1. The van der Waals surface area contributed by atoms with Gasteiger partial charge in [-0.1, -0.05) is 17.7 Å². The Balaban J connectivity index is 1.44. The molecule has 1 aliphatic rings. The van der Waals surface area contributed by atoms with Gasteiger partial charge in [-0.05, 0) is 81.8 Å². The molecule has 1 fully saturated rings. The van der Waals surface area contributed by atoms with Crippen molar-refractivity contribution in [1.29, 1.82) is 0 Å². The Bertz CT molecular complexity index is 959. The quantitative estimate of drug-likeness (QED) is 0.437. The van der Waals surface area contributed by atoms with Gasteiger partial charge < -0.3 is 15.2 Å². The van der Waals surface area contributed by atoms with Crippen molar-refractivity contribution in [2.75, 3.05) is 6.54 Å². The molecule has 2 aromatic rings. The number of carbonyl (C=O) groups excluding carboxylic acids is 2. The van der Waals surface area contributed by atoms with Crippen LogP contribution in [-0.2, 0) is 4.79 Å². The van der Waals surface area contributed by atoms with E-state index >= 15 is 0 Å². The second-order valence-corrected chi connectivity index (χ2v) is 8.56. The summed E-state index contributed by atoms with van der Waals surface area (Å²) >= 11 is 0. The zero-order valence-electron chi connectivity index (χ0n) is 18.7. The molecule has 0 aliphatic heterocycles. The number of aliphatic carboxylic acids is 1. The second-order valence-electron chi connectivity index (χ2n) is 8.56. The number of carbonyl (C=O) groups is 3. The highest BCUT2D eigenvalue weighted by atomic mass is 16.5. The van der Waals surface area contributed by atoms with E-state index in [0.29, 0.717) is 49.1 Å². The number of ketones is 1. The summed E-state index contributed by atoms with van der Waals surface area (Å²) in [5, 5.41) is 12.0. The minimum Gasteiger partial charge on any atom is -0.490 e. The fraction of sp³-hybridized carbons (Fsp3) is 0.423. The van der Waals surface area contributed by atoms with Crippen LogP contribution in [0.3, 0.4) is 0 Å². The van der Waals surface area contributed by atoms with E-state index < -0.39 is 5.97 Å². The fourth-order valence-electron chi connectivity index (χ4n) is 4.03. The maximum absolute atomic E-state index is 12.6. The highest BCUT2D eigenvalue weighted by Crippen LogP contribution is 2.29. The van der Waals surface area contributed by atoms with Crippen molar-refractivity contribution in [1.82, 2.24) is 5.32 Å². The molecule has 6 heteroatoms. The Morgan fingerprint density at radius 2 is 1.69 bits per heavy atom. The number of hydrogen-bond donors (Lipinski definition) is 2. The zero-order chi connectivity index (χ0) is 23.1. The van der Waals surface area contributed by atoms with Crippen molar-refractivity contribution < 1.29 is 24.2 Å². The van der Waals surface area contributed by atoms with Gasteiger partial charge in [0, 0.05) is 24.1 Å². The summed E-state index contributed by atoms with van der Waals surface area (Å²) in [6.45, 7) is 4.30. The predicted octanol–water partition coefficient (Wildman–Crippen LogP) is 4.72. The average molecular weight is 438 g/mol. The van der Waals surface area contributed by atoms with Gasteiger partial charge in [0.2, 0.25) is 0 Å². The first-order valence-corrected chi connectivity index (χ1v) is 11.2. The molecule has 1 aliphatic carbocycles. The summed E-state index contributed by atoms with van der Waals surface area (Å²) in [4.78, 5) is 35.8. The predicted molar refractivity (Wildman–Crippen MR) is 122 cm³/mol. The Hall–Kier alpha value is -3.15. The van der Waals surface area contributed by atoms with E-state index in [1.807, 2.05) is 38.1 Å². The van der Waals surface area contributed by atoms with Crippen LogP contribution >= 0.6 is 0 Å². The van der Waals surface area contributed by atoms with Gasteiger partial charge in [0.15, 0.2) is 5.78 Å². The minimum absolute atomic E-state index is 0.0173. The maximum atomic E-state index is 12.6. The number of nitrogens with one attached hydrogen (secondary N) is 1. The van der Waals surface area contributed by atoms with Gasteiger partial charge in [-0.25, -0.2) is 0 Å². The summed E-state index contributed by atoms with van der Waals surface area (Å²) < 4.78 is 6.02. The SMILES string of the molecule is Cc1ccc(C(=O)NCCCC(=O)c2ccc(OC3CCC(C(=O)O)CC3)cc2C)cc1. The van der Waals surface area contributed by atoms with Crippen molar-refractivity contribution in [2.24, 2.45) is 5.92 Å². The molecule has 1 saturated carbocycles. The molecular weight excluding hydrogens is 406 g/mol. The third kappa shape index (κ3) is 6.42. The van der Waals surface area contributed by atoms with E-state index in [4.69, 9.17) is 9.84 Å². The van der Waals surface area contributed by atoms with E-state index in [9.17, 15) is 14.4 Å². The number of Topliss-reactive ketones (excluding diaryl/α,β-unsaturated/α-hetero) is 1. The summed E-state index contributed by atoms with van der Waals surface area (Å²) in [5.74, 6) is -0.369. The Morgan fingerprint density at radius 3 is 2.31 bits per heavy atom. The third-order valence-corrected chi connectivity index (χ3v) is 6.00. The molecule has 0 saturated heterocycles. The maximum Gasteiger partial charge on any atom is 0.306 e. The lowest BCUT2D eigenvalue weighted by Crippen LogP contribution is -2.27. The molecule has 32 heavy (non-hydrogen) atoms. The highest BCUT2D eigenvalue weighted by Gasteiger charge is 2.27. The number of carboxylic acid groups (broad SMARTS) is 1. The molecule has 0 radical (unpaired) electrons. The van der Waals surface area contributed by atoms with Gasteiger partial charge >= 0.3 is 5.97 Å². The first kappa shape index (κ1) is 23.5. The minimum atomic E-state index is -0.725. The van der Waals surface area contributed by atoms with Crippen molar-refractivity contribution in [3.63, 3.8) is 0 Å². The first-order valence-electron chi connectivity index (χ1n) is 11.2. The molecule has 0 atom stereocenters. The van der Waals surface area contributed by atoms with Crippen LogP contribution in [0.2, 0.25) is 0 Å². The molecule has 0 heterocycles. The molecule has 2 aromatic carbocycles. The molecular formula is C26H31NO5. The molecule has 0 spiro atoms. The van der Waals surface area contributed by atoms with Crippen LogP contribution in [0.1, 0.15) is 70.4 Å². The van der Waals surface area contributed by atoms with Crippen molar-refractivity contribution >= 4 is 17.7 Å². The van der Waals surface area contributed by atoms with Crippen LogP contribution in [0.15, 0.2) is 42.5 Å². The summed E-state index contributed by atoms with van der Waals surface area (Å²) in [6.07, 6.45) is 3.67. The van der Waals surface area contributed by atoms with Crippen LogP contribution in [0, 0.1) is 19.8 Å². The number of ether oxygens (including phenoxy) is 1. The van der Waals surface area contributed by atoms with Crippen molar-refractivity contribution in [3.8, 4) is 5.75 Å². The molecule has 6 nitrogen and oxygen atoms in total. The topological polar surface area (TPSA) is 92.7 Å². The van der Waals surface area contributed by atoms with E-state index in [1.165, 1.54) is 0 Å². The first-order chi connectivity index (χ1) is 15.3. The zero-order valence-corrected chi connectivity index (χ0v) is 18.7. The fourth-order valence-corrected chi connectivity index (χ4v) is 4.03. The van der Waals surface area contributed by atoms with Gasteiger partial charge in [-0.3, -0.25) is 14.4 Å². The standard InChI is InChI=1S/C26H31NO5/c1-17-5-7-19(8-6-17)25(29)27-15-3-4-24(28)23-14-13-22(16-18(23)2)32-21-11-9-20(10-12-21)26(30)31/h5-8,13-14,16,20-21H,3-4,9-12,15H2,1-2H3,(H,27,29)(H,30,31). The smallest absolute Gasteiger partial charge is 0.306 e. The number of benzene rings is 2. The Kier molecular flexibility index (Phi) is 8.03. The van der Waals surface area contributed by atoms with Crippen LogP contribution in [-0.4, -0.2) is 35.4 Å². The average Bonchev–Trinajstić information content (AvgIpc) is 2.77. The van der Waals surface area contributed by atoms with Gasteiger partial charge in [-0.15, -0.1) is 0 Å². The second kappa shape index (κ2) is 10.9. The van der Waals surface area contributed by atoms with Gasteiger partial charge in [0.1, 0.15) is 5.75 Å². The van der Waals surface area contributed by atoms with Gasteiger partial charge in [0.25, 0.3) is 5.91 Å². The van der Waals surface area contributed by atoms with Crippen molar-refractivity contribution in [2.45, 2.75) is 58.5 Å². The number of hydrogen-bond acceptors (Lipinski definition) is 4. The van der Waals surface area contributed by atoms with Gasteiger partial charge in [0.05, 0.1) is 12.0 Å². The Morgan fingerprint density at radius 1 is 1.00 bits per heavy atom. The lowest BCUT2D eigenvalue weighted by Gasteiger charge is -2.27. The molecule has 0 aromatic heterocycles. The molecule has 0 bridgehead atoms. The van der Waals surface area contributed by atoms with E-state index in [-0.39, 0.29) is 23.7 Å². The molecule has 3 rings (SSSR count). The highest BCUT2D eigenvalue weighted by molar-refractivity contribution is 5.97. The van der Waals surface area contributed by atoms with Crippen LogP contribution in [0.25, 0.3) is 0 Å². The summed E-state index contributed by atoms with van der Waals surface area (Å²) in [5.41, 5.74) is 3.24. The monoisotopic (exact) mass is 437 g/mol. The summed E-state index contributed by atoms with van der Waals surface area (Å²) in [6, 6.07) is 12.9.